The molecule has 0 aromatic carbocycles. The van der Waals surface area contributed by atoms with E-state index in [4.69, 9.17) is 0 Å². The Kier molecular flexibility index (Phi) is 5.62. The lowest BCUT2D eigenvalue weighted by molar-refractivity contribution is -0.132. The van der Waals surface area contributed by atoms with E-state index in [0.29, 0.717) is 12.0 Å². The van der Waals surface area contributed by atoms with Crippen molar-refractivity contribution in [3.8, 4) is 0 Å². The van der Waals surface area contributed by atoms with Crippen LogP contribution in [-0.2, 0) is 9.59 Å². The Morgan fingerprint density at radius 3 is 2.29 bits per heavy atom. The first-order valence-corrected chi connectivity index (χ1v) is 8.29. The number of carbonyl (C=O) groups excluding carboxylic acids is 2. The van der Waals surface area contributed by atoms with Gasteiger partial charge in [-0.3, -0.25) is 14.5 Å². The number of hydrogen-bond donors (Lipinski definition) is 1. The topological polar surface area (TPSA) is 52.7 Å². The molecule has 1 aliphatic carbocycles. The Bertz CT molecular complexity index is 378. The van der Waals surface area contributed by atoms with Crippen molar-refractivity contribution in [2.45, 2.75) is 58.5 Å². The Morgan fingerprint density at radius 1 is 1.10 bits per heavy atom. The van der Waals surface area contributed by atoms with Crippen molar-refractivity contribution in [2.75, 3.05) is 26.2 Å². The molecule has 1 aliphatic heterocycles. The number of hydrogen-bond acceptors (Lipinski definition) is 3. The minimum atomic E-state index is -0.103. The molecule has 5 nitrogen and oxygen atoms in total. The van der Waals surface area contributed by atoms with Crippen molar-refractivity contribution in [3.05, 3.63) is 0 Å². The first kappa shape index (κ1) is 16.3. The minimum Gasteiger partial charge on any atom is -0.352 e. The van der Waals surface area contributed by atoms with Gasteiger partial charge in [0, 0.05) is 39.1 Å². The van der Waals surface area contributed by atoms with Crippen LogP contribution in [0, 0.1) is 5.92 Å². The maximum atomic E-state index is 12.4. The van der Waals surface area contributed by atoms with Gasteiger partial charge >= 0.3 is 0 Å². The van der Waals surface area contributed by atoms with E-state index in [1.165, 1.54) is 19.3 Å². The lowest BCUT2D eigenvalue weighted by atomic mass is 9.86. The quantitative estimate of drug-likeness (QED) is 0.852. The zero-order chi connectivity index (χ0) is 15.4. The molecule has 0 aromatic rings. The molecule has 2 aliphatic rings. The van der Waals surface area contributed by atoms with Crippen LogP contribution in [0.3, 0.4) is 0 Å². The molecular formula is C16H29N3O2. The SMILES string of the molecule is CC(=O)N1CCN([C@H](C)C(=O)N[C@H]2CCCC[C@H]2C)CC1. The molecule has 1 heterocycles. The summed E-state index contributed by atoms with van der Waals surface area (Å²) < 4.78 is 0. The van der Waals surface area contributed by atoms with Crippen LogP contribution >= 0.6 is 0 Å². The van der Waals surface area contributed by atoms with Gasteiger partial charge in [0.2, 0.25) is 11.8 Å². The monoisotopic (exact) mass is 295 g/mol. The van der Waals surface area contributed by atoms with E-state index in [1.54, 1.807) is 6.92 Å². The van der Waals surface area contributed by atoms with Crippen LogP contribution < -0.4 is 5.32 Å². The fraction of sp³-hybridized carbons (Fsp3) is 0.875. The van der Waals surface area contributed by atoms with E-state index >= 15 is 0 Å². The molecule has 120 valence electrons. The second-order valence-electron chi connectivity index (χ2n) is 6.59. The summed E-state index contributed by atoms with van der Waals surface area (Å²) in [6, 6.07) is 0.237. The smallest absolute Gasteiger partial charge is 0.237 e. The summed E-state index contributed by atoms with van der Waals surface area (Å²) in [5.74, 6) is 0.859. The summed E-state index contributed by atoms with van der Waals surface area (Å²) in [6.07, 6.45) is 4.84. The van der Waals surface area contributed by atoms with Gasteiger partial charge in [-0.1, -0.05) is 19.8 Å². The van der Waals surface area contributed by atoms with Crippen LogP contribution in [0.2, 0.25) is 0 Å². The fourth-order valence-electron chi connectivity index (χ4n) is 3.42. The Hall–Kier alpha value is -1.10. The summed E-state index contributed by atoms with van der Waals surface area (Å²) in [6.45, 7) is 8.85. The molecule has 1 saturated heterocycles. The van der Waals surface area contributed by atoms with Crippen LogP contribution in [0.15, 0.2) is 0 Å². The molecule has 0 spiro atoms. The maximum absolute atomic E-state index is 12.4. The summed E-state index contributed by atoms with van der Waals surface area (Å²) in [4.78, 5) is 27.8. The second kappa shape index (κ2) is 7.25. The molecule has 2 fully saturated rings. The van der Waals surface area contributed by atoms with Crippen molar-refractivity contribution in [1.82, 2.24) is 15.1 Å². The number of carbonyl (C=O) groups is 2. The van der Waals surface area contributed by atoms with Crippen LogP contribution in [0.5, 0.6) is 0 Å². The van der Waals surface area contributed by atoms with Gasteiger partial charge in [0.25, 0.3) is 0 Å². The summed E-state index contributed by atoms with van der Waals surface area (Å²) >= 11 is 0. The van der Waals surface area contributed by atoms with Crippen LogP contribution in [0.4, 0.5) is 0 Å². The molecule has 0 bridgehead atoms. The van der Waals surface area contributed by atoms with E-state index in [2.05, 4.69) is 17.1 Å². The van der Waals surface area contributed by atoms with Gasteiger partial charge < -0.3 is 10.2 Å². The Morgan fingerprint density at radius 2 is 1.71 bits per heavy atom. The highest BCUT2D eigenvalue weighted by molar-refractivity contribution is 5.81. The Labute approximate surface area is 128 Å². The second-order valence-corrected chi connectivity index (χ2v) is 6.59. The third kappa shape index (κ3) is 4.19. The molecule has 0 unspecified atom stereocenters. The highest BCUT2D eigenvalue weighted by atomic mass is 16.2. The fourth-order valence-corrected chi connectivity index (χ4v) is 3.42. The zero-order valence-electron chi connectivity index (χ0n) is 13.6. The van der Waals surface area contributed by atoms with Gasteiger partial charge in [-0.15, -0.1) is 0 Å². The van der Waals surface area contributed by atoms with E-state index in [1.807, 2.05) is 11.8 Å². The number of nitrogens with zero attached hydrogens (tertiary/aromatic N) is 2. The average molecular weight is 295 g/mol. The predicted octanol–water partition coefficient (Wildman–Crippen LogP) is 1.23. The van der Waals surface area contributed by atoms with Crippen LogP contribution in [0.1, 0.15) is 46.5 Å². The average Bonchev–Trinajstić information content (AvgIpc) is 2.49. The lowest BCUT2D eigenvalue weighted by Gasteiger charge is -2.38. The highest BCUT2D eigenvalue weighted by Crippen LogP contribution is 2.23. The summed E-state index contributed by atoms with van der Waals surface area (Å²) in [7, 11) is 0. The molecule has 1 saturated carbocycles. The first-order chi connectivity index (χ1) is 9.99. The van der Waals surface area contributed by atoms with E-state index in [-0.39, 0.29) is 17.9 Å². The molecule has 0 radical (unpaired) electrons. The normalized spacial score (nSPS) is 29.0. The van der Waals surface area contributed by atoms with Crippen molar-refractivity contribution >= 4 is 11.8 Å². The van der Waals surface area contributed by atoms with E-state index in [0.717, 1.165) is 32.6 Å². The lowest BCUT2D eigenvalue weighted by Crippen LogP contribution is -2.56. The zero-order valence-corrected chi connectivity index (χ0v) is 13.6. The molecule has 21 heavy (non-hydrogen) atoms. The number of nitrogens with one attached hydrogen (secondary N) is 1. The van der Waals surface area contributed by atoms with Gasteiger partial charge in [-0.25, -0.2) is 0 Å². The molecular weight excluding hydrogens is 266 g/mol. The molecule has 0 aromatic heterocycles. The van der Waals surface area contributed by atoms with E-state index in [9.17, 15) is 9.59 Å². The Balaban J connectivity index is 1.81. The van der Waals surface area contributed by atoms with Gasteiger partial charge in [-0.2, -0.15) is 0 Å². The van der Waals surface area contributed by atoms with Crippen LogP contribution in [-0.4, -0.2) is 59.9 Å². The highest BCUT2D eigenvalue weighted by Gasteiger charge is 2.29. The minimum absolute atomic E-state index is 0.103. The summed E-state index contributed by atoms with van der Waals surface area (Å²) in [5.41, 5.74) is 0. The maximum Gasteiger partial charge on any atom is 0.237 e. The third-order valence-electron chi connectivity index (χ3n) is 5.13. The molecule has 5 heteroatoms. The van der Waals surface area contributed by atoms with Crippen molar-refractivity contribution in [3.63, 3.8) is 0 Å². The van der Waals surface area contributed by atoms with Crippen molar-refractivity contribution in [2.24, 2.45) is 5.92 Å². The molecule has 3 atom stereocenters. The first-order valence-electron chi connectivity index (χ1n) is 8.29. The van der Waals surface area contributed by atoms with Crippen LogP contribution in [0.25, 0.3) is 0 Å². The largest absolute Gasteiger partial charge is 0.352 e. The number of amides is 2. The van der Waals surface area contributed by atoms with Gasteiger partial charge in [0.05, 0.1) is 6.04 Å². The standard InChI is InChI=1S/C16H29N3O2/c1-12-6-4-5-7-15(12)17-16(21)13(2)18-8-10-19(11-9-18)14(3)20/h12-13,15H,4-11H2,1-3H3,(H,17,21)/t12-,13-,15+/m1/s1. The van der Waals surface area contributed by atoms with Gasteiger partial charge in [0.1, 0.15) is 0 Å². The number of piperazine rings is 1. The summed E-state index contributed by atoms with van der Waals surface area (Å²) in [5, 5.41) is 3.24. The molecule has 1 N–H and O–H groups in total. The van der Waals surface area contributed by atoms with Crippen molar-refractivity contribution in [1.29, 1.82) is 0 Å². The molecule has 2 rings (SSSR count). The predicted molar refractivity (Wildman–Crippen MR) is 82.9 cm³/mol. The van der Waals surface area contributed by atoms with Gasteiger partial charge in [-0.05, 0) is 25.7 Å². The van der Waals surface area contributed by atoms with Crippen molar-refractivity contribution < 1.29 is 9.59 Å². The number of rotatable bonds is 3. The third-order valence-corrected chi connectivity index (χ3v) is 5.13. The molecule has 2 amide bonds. The van der Waals surface area contributed by atoms with Gasteiger partial charge in [0.15, 0.2) is 0 Å². The van der Waals surface area contributed by atoms with E-state index < -0.39 is 0 Å².